The highest BCUT2D eigenvalue weighted by Gasteiger charge is 2.12. The van der Waals surface area contributed by atoms with Crippen molar-refractivity contribution in [3.05, 3.63) is 81.8 Å². The van der Waals surface area contributed by atoms with E-state index in [0.29, 0.717) is 51.6 Å². The number of hydrogen-bond acceptors (Lipinski definition) is 5. The molecule has 0 saturated heterocycles. The maximum absolute atomic E-state index is 12.4. The summed E-state index contributed by atoms with van der Waals surface area (Å²) in [6.45, 7) is 2.44. The van der Waals surface area contributed by atoms with Crippen molar-refractivity contribution in [1.29, 1.82) is 0 Å². The molecule has 0 unspecified atom stereocenters. The van der Waals surface area contributed by atoms with Gasteiger partial charge in [-0.1, -0.05) is 29.3 Å². The fourth-order valence-corrected chi connectivity index (χ4v) is 3.37. The van der Waals surface area contributed by atoms with Gasteiger partial charge in [-0.15, -0.1) is 0 Å². The molecule has 0 aliphatic carbocycles. The smallest absolute Gasteiger partial charge is 0.311 e. The zero-order chi connectivity index (χ0) is 23.8. The average molecular weight is 488 g/mol. The topological polar surface area (TPSA) is 73.9 Å². The molecule has 0 spiro atoms. The summed E-state index contributed by atoms with van der Waals surface area (Å²) < 4.78 is 16.2. The van der Waals surface area contributed by atoms with Crippen LogP contribution in [-0.4, -0.2) is 25.6 Å². The molecule has 1 amide bonds. The summed E-state index contributed by atoms with van der Waals surface area (Å²) in [6, 6.07) is 16.6. The lowest BCUT2D eigenvalue weighted by atomic mass is 10.1. The number of halogens is 2. The van der Waals surface area contributed by atoms with Crippen LogP contribution in [0.5, 0.6) is 17.2 Å². The fraction of sp³-hybridized carbons (Fsp3) is 0.200. The van der Waals surface area contributed by atoms with Gasteiger partial charge < -0.3 is 19.5 Å². The highest BCUT2D eigenvalue weighted by molar-refractivity contribution is 6.35. The van der Waals surface area contributed by atoms with Crippen molar-refractivity contribution in [2.75, 3.05) is 19.0 Å². The quantitative estimate of drug-likeness (QED) is 0.287. The molecule has 0 fully saturated rings. The lowest BCUT2D eigenvalue weighted by Crippen LogP contribution is -2.13. The highest BCUT2D eigenvalue weighted by atomic mass is 35.5. The van der Waals surface area contributed by atoms with Crippen molar-refractivity contribution in [3.8, 4) is 17.2 Å². The maximum Gasteiger partial charge on any atom is 0.311 e. The van der Waals surface area contributed by atoms with Crippen molar-refractivity contribution in [2.24, 2.45) is 0 Å². The summed E-state index contributed by atoms with van der Waals surface area (Å²) in [5.41, 5.74) is 1.72. The monoisotopic (exact) mass is 487 g/mol. The van der Waals surface area contributed by atoms with Gasteiger partial charge in [0.1, 0.15) is 5.75 Å². The first-order chi connectivity index (χ1) is 15.9. The van der Waals surface area contributed by atoms with Crippen LogP contribution in [0.1, 0.15) is 29.3 Å². The Morgan fingerprint density at radius 1 is 0.939 bits per heavy atom. The molecule has 0 aliphatic rings. The van der Waals surface area contributed by atoms with Gasteiger partial charge in [0.15, 0.2) is 11.5 Å². The number of methoxy groups -OCH3 is 1. The van der Waals surface area contributed by atoms with Crippen molar-refractivity contribution in [3.63, 3.8) is 0 Å². The second kappa shape index (κ2) is 11.6. The van der Waals surface area contributed by atoms with Crippen LogP contribution in [0.2, 0.25) is 10.0 Å². The van der Waals surface area contributed by atoms with Crippen LogP contribution in [0.15, 0.2) is 60.7 Å². The number of benzene rings is 3. The van der Waals surface area contributed by atoms with Gasteiger partial charge >= 0.3 is 5.97 Å². The molecule has 0 heterocycles. The van der Waals surface area contributed by atoms with Gasteiger partial charge in [-0.2, -0.15) is 0 Å². The van der Waals surface area contributed by atoms with Gasteiger partial charge in [0, 0.05) is 17.0 Å². The van der Waals surface area contributed by atoms with Crippen molar-refractivity contribution < 1.29 is 23.8 Å². The normalized spacial score (nSPS) is 10.4. The number of hydrogen-bond donors (Lipinski definition) is 1. The number of carbonyl (C=O) groups excluding carboxylic acids is 2. The minimum absolute atomic E-state index is 0.187. The summed E-state index contributed by atoms with van der Waals surface area (Å²) >= 11 is 12.0. The van der Waals surface area contributed by atoms with Crippen molar-refractivity contribution in [2.45, 2.75) is 19.8 Å². The molecule has 3 aromatic rings. The maximum atomic E-state index is 12.4. The lowest BCUT2D eigenvalue weighted by Gasteiger charge is -2.11. The number of carbonyl (C=O) groups is 2. The largest absolute Gasteiger partial charge is 0.493 e. The van der Waals surface area contributed by atoms with E-state index in [4.69, 9.17) is 37.4 Å². The van der Waals surface area contributed by atoms with E-state index >= 15 is 0 Å². The SMILES string of the molecule is CCOc1ccc(CCC(=O)Oc2ccc(C(=O)Nc3cc(Cl)ccc3Cl)cc2)cc1OC. The first-order valence-corrected chi connectivity index (χ1v) is 11.0. The number of esters is 1. The third-order valence-corrected chi connectivity index (χ3v) is 5.24. The Balaban J connectivity index is 1.54. The summed E-state index contributed by atoms with van der Waals surface area (Å²) in [4.78, 5) is 24.7. The molecule has 3 rings (SSSR count). The Morgan fingerprint density at radius 2 is 1.70 bits per heavy atom. The van der Waals surface area contributed by atoms with E-state index < -0.39 is 0 Å². The second-order valence-electron chi connectivity index (χ2n) is 6.99. The molecule has 172 valence electrons. The molecule has 6 nitrogen and oxygen atoms in total. The van der Waals surface area contributed by atoms with Crippen molar-refractivity contribution >= 4 is 40.8 Å². The van der Waals surface area contributed by atoms with Crippen LogP contribution in [0.4, 0.5) is 5.69 Å². The molecule has 0 radical (unpaired) electrons. The number of aryl methyl sites for hydroxylation is 1. The molecule has 0 aromatic heterocycles. The van der Waals surface area contributed by atoms with E-state index in [1.807, 2.05) is 25.1 Å². The van der Waals surface area contributed by atoms with Gasteiger partial charge in [-0.3, -0.25) is 9.59 Å². The molecule has 3 aromatic carbocycles. The van der Waals surface area contributed by atoms with E-state index in [1.165, 1.54) is 0 Å². The summed E-state index contributed by atoms with van der Waals surface area (Å²) in [7, 11) is 1.57. The molecule has 0 aliphatic heterocycles. The Labute approximate surface area is 202 Å². The molecule has 1 N–H and O–H groups in total. The van der Waals surface area contributed by atoms with Gasteiger partial charge in [-0.25, -0.2) is 0 Å². The zero-order valence-corrected chi connectivity index (χ0v) is 19.7. The van der Waals surface area contributed by atoms with Gasteiger partial charge in [0.25, 0.3) is 5.91 Å². The third-order valence-electron chi connectivity index (χ3n) is 4.67. The molecule has 8 heteroatoms. The Morgan fingerprint density at radius 3 is 2.39 bits per heavy atom. The number of amides is 1. The number of nitrogens with one attached hydrogen (secondary N) is 1. The van der Waals surface area contributed by atoms with Crippen molar-refractivity contribution in [1.82, 2.24) is 0 Å². The molecular formula is C25H23Cl2NO5. The zero-order valence-electron chi connectivity index (χ0n) is 18.2. The van der Waals surface area contributed by atoms with Gasteiger partial charge in [-0.05, 0) is 73.5 Å². The standard InChI is InChI=1S/C25H23Cl2NO5/c1-3-32-22-12-4-16(14-23(22)31-2)5-13-24(29)33-19-9-6-17(7-10-19)25(30)28-21-15-18(26)8-11-20(21)27/h4,6-12,14-15H,3,5,13H2,1-2H3,(H,28,30). The van der Waals surface area contributed by atoms with E-state index in [1.54, 1.807) is 49.6 Å². The van der Waals surface area contributed by atoms with Crippen LogP contribution in [-0.2, 0) is 11.2 Å². The molecule has 0 atom stereocenters. The van der Waals surface area contributed by atoms with Crippen LogP contribution in [0, 0.1) is 0 Å². The van der Waals surface area contributed by atoms with Crippen LogP contribution in [0.25, 0.3) is 0 Å². The minimum Gasteiger partial charge on any atom is -0.493 e. The van der Waals surface area contributed by atoms with E-state index in [0.717, 1.165) is 5.56 Å². The van der Waals surface area contributed by atoms with E-state index in [9.17, 15) is 9.59 Å². The van der Waals surface area contributed by atoms with Crippen LogP contribution in [0.3, 0.4) is 0 Å². The first kappa shape index (κ1) is 24.4. The molecule has 33 heavy (non-hydrogen) atoms. The van der Waals surface area contributed by atoms with Crippen LogP contribution < -0.4 is 19.5 Å². The van der Waals surface area contributed by atoms with Crippen LogP contribution >= 0.6 is 23.2 Å². The lowest BCUT2D eigenvalue weighted by molar-refractivity contribution is -0.134. The molecule has 0 saturated carbocycles. The predicted molar refractivity (Wildman–Crippen MR) is 129 cm³/mol. The Hall–Kier alpha value is -3.22. The fourth-order valence-electron chi connectivity index (χ4n) is 3.03. The number of ether oxygens (including phenoxy) is 3. The van der Waals surface area contributed by atoms with E-state index in [-0.39, 0.29) is 18.3 Å². The Bertz CT molecular complexity index is 1130. The average Bonchev–Trinajstić information content (AvgIpc) is 2.81. The van der Waals surface area contributed by atoms with Gasteiger partial charge in [0.2, 0.25) is 0 Å². The summed E-state index contributed by atoms with van der Waals surface area (Å²) in [5, 5.41) is 3.54. The number of anilines is 1. The highest BCUT2D eigenvalue weighted by Crippen LogP contribution is 2.29. The molecular weight excluding hydrogens is 465 g/mol. The second-order valence-corrected chi connectivity index (χ2v) is 7.84. The third kappa shape index (κ3) is 6.88. The summed E-state index contributed by atoms with van der Waals surface area (Å²) in [5.74, 6) is 0.887. The first-order valence-electron chi connectivity index (χ1n) is 10.3. The van der Waals surface area contributed by atoms with Gasteiger partial charge in [0.05, 0.1) is 24.4 Å². The van der Waals surface area contributed by atoms with E-state index in [2.05, 4.69) is 5.32 Å². The predicted octanol–water partition coefficient (Wildman–Crippen LogP) is 6.19. The Kier molecular flexibility index (Phi) is 8.58. The summed E-state index contributed by atoms with van der Waals surface area (Å²) in [6.07, 6.45) is 0.676. The minimum atomic E-state index is -0.384. The number of rotatable bonds is 9. The molecule has 0 bridgehead atoms.